The second kappa shape index (κ2) is 4.01. The molecule has 0 aliphatic heterocycles. The number of hydrogen-bond acceptors (Lipinski definition) is 4. The summed E-state index contributed by atoms with van der Waals surface area (Å²) in [4.78, 5) is 20.6. The average Bonchev–Trinajstić information content (AvgIpc) is 2.07. The first kappa shape index (κ1) is 10.4. The maximum atomic E-state index is 11.0. The fourth-order valence-electron chi connectivity index (χ4n) is 1.07. The van der Waals surface area contributed by atoms with Gasteiger partial charge in [0, 0.05) is 18.8 Å². The fourth-order valence-corrected chi connectivity index (χ4v) is 1.07. The molecule has 14 heavy (non-hydrogen) atoms. The Morgan fingerprint density at radius 3 is 2.86 bits per heavy atom. The molecule has 0 fully saturated rings. The zero-order chi connectivity index (χ0) is 10.7. The minimum atomic E-state index is -0.735. The van der Waals surface area contributed by atoms with Gasteiger partial charge in [0.1, 0.15) is 0 Å². The fraction of sp³-hybridized carbons (Fsp3) is 0.375. The molecule has 6 heteroatoms. The molecule has 76 valence electrons. The molecule has 1 aromatic heterocycles. The number of aromatic nitrogens is 1. The van der Waals surface area contributed by atoms with Gasteiger partial charge < -0.3 is 9.67 Å². The first-order chi connectivity index (χ1) is 6.50. The monoisotopic (exact) mass is 198 g/mol. The number of nitro groups is 1. The molecular formula is C8H10N2O4. The summed E-state index contributed by atoms with van der Waals surface area (Å²) in [7, 11) is 0. The van der Waals surface area contributed by atoms with E-state index >= 15 is 0 Å². The third-order valence-electron chi connectivity index (χ3n) is 1.63. The van der Waals surface area contributed by atoms with Gasteiger partial charge in [0.25, 0.3) is 5.43 Å². The molecule has 1 aromatic rings. The van der Waals surface area contributed by atoms with Crippen molar-refractivity contribution in [1.29, 1.82) is 0 Å². The van der Waals surface area contributed by atoms with E-state index in [1.807, 2.05) is 0 Å². The van der Waals surface area contributed by atoms with Crippen molar-refractivity contribution in [2.45, 2.75) is 19.6 Å². The Labute approximate surface area is 79.6 Å². The van der Waals surface area contributed by atoms with E-state index in [1.54, 1.807) is 6.92 Å². The van der Waals surface area contributed by atoms with Gasteiger partial charge in [-0.25, -0.2) is 0 Å². The van der Waals surface area contributed by atoms with Crippen LogP contribution in [0.5, 0.6) is 0 Å². The van der Waals surface area contributed by atoms with Crippen molar-refractivity contribution in [3.05, 3.63) is 38.8 Å². The van der Waals surface area contributed by atoms with Crippen molar-refractivity contribution in [3.63, 3.8) is 0 Å². The van der Waals surface area contributed by atoms with Crippen LogP contribution in [0.25, 0.3) is 0 Å². The lowest BCUT2D eigenvalue weighted by Crippen LogP contribution is -2.15. The first-order valence-corrected chi connectivity index (χ1v) is 4.03. The van der Waals surface area contributed by atoms with Crippen molar-refractivity contribution < 1.29 is 10.0 Å². The van der Waals surface area contributed by atoms with Gasteiger partial charge in [-0.3, -0.25) is 14.9 Å². The number of rotatable bonds is 3. The third-order valence-corrected chi connectivity index (χ3v) is 1.63. The molecule has 0 saturated heterocycles. The van der Waals surface area contributed by atoms with Gasteiger partial charge in [-0.05, 0) is 6.92 Å². The molecule has 0 saturated carbocycles. The van der Waals surface area contributed by atoms with E-state index in [1.165, 1.54) is 10.8 Å². The molecule has 6 nitrogen and oxygen atoms in total. The predicted octanol–water partition coefficient (Wildman–Crippen LogP) is 0.137. The largest absolute Gasteiger partial charge is 0.392 e. The highest BCUT2D eigenvalue weighted by Crippen LogP contribution is 2.02. The molecule has 0 bridgehead atoms. The molecule has 1 atom stereocenters. The van der Waals surface area contributed by atoms with Gasteiger partial charge in [0.05, 0.1) is 17.2 Å². The molecule has 1 rings (SSSR count). The van der Waals surface area contributed by atoms with E-state index in [-0.39, 0.29) is 6.54 Å². The highest BCUT2D eigenvalue weighted by molar-refractivity contribution is 5.25. The first-order valence-electron chi connectivity index (χ1n) is 4.03. The van der Waals surface area contributed by atoms with Crippen molar-refractivity contribution in [2.75, 3.05) is 0 Å². The Balaban J connectivity index is 3.07. The van der Waals surface area contributed by atoms with E-state index in [9.17, 15) is 14.9 Å². The molecule has 1 heterocycles. The number of aliphatic hydroxyl groups excluding tert-OH is 1. The molecule has 0 aliphatic rings. The molecule has 1 unspecified atom stereocenters. The predicted molar refractivity (Wildman–Crippen MR) is 49.0 cm³/mol. The van der Waals surface area contributed by atoms with E-state index in [0.717, 1.165) is 12.3 Å². The molecule has 0 amide bonds. The van der Waals surface area contributed by atoms with Crippen LogP contribution in [0.3, 0.4) is 0 Å². The van der Waals surface area contributed by atoms with Crippen molar-refractivity contribution in [2.24, 2.45) is 0 Å². The lowest BCUT2D eigenvalue weighted by molar-refractivity contribution is -0.386. The normalized spacial score (nSPS) is 12.4. The summed E-state index contributed by atoms with van der Waals surface area (Å²) in [5, 5.41) is 19.4. The highest BCUT2D eigenvalue weighted by atomic mass is 16.6. The quantitative estimate of drug-likeness (QED) is 0.552. The minimum absolute atomic E-state index is 0.223. The van der Waals surface area contributed by atoms with E-state index in [0.29, 0.717) is 0 Å². The summed E-state index contributed by atoms with van der Waals surface area (Å²) >= 11 is 0. The van der Waals surface area contributed by atoms with Crippen LogP contribution in [0, 0.1) is 10.1 Å². The van der Waals surface area contributed by atoms with Crippen molar-refractivity contribution >= 4 is 5.69 Å². The van der Waals surface area contributed by atoms with Crippen LogP contribution in [0.15, 0.2) is 23.3 Å². The van der Waals surface area contributed by atoms with Crippen LogP contribution in [0.2, 0.25) is 0 Å². The van der Waals surface area contributed by atoms with E-state index in [2.05, 4.69) is 0 Å². The van der Waals surface area contributed by atoms with Gasteiger partial charge in [-0.15, -0.1) is 0 Å². The SMILES string of the molecule is CC(O)Cn1ccc(=O)c([N+](=O)[O-])c1. The van der Waals surface area contributed by atoms with Crippen molar-refractivity contribution in [1.82, 2.24) is 4.57 Å². The Hall–Kier alpha value is -1.69. The van der Waals surface area contributed by atoms with Gasteiger partial charge in [0.2, 0.25) is 0 Å². The summed E-state index contributed by atoms with van der Waals surface area (Å²) in [6.07, 6.45) is 1.91. The summed E-state index contributed by atoms with van der Waals surface area (Å²) < 4.78 is 1.41. The minimum Gasteiger partial charge on any atom is -0.392 e. The number of nitrogens with zero attached hydrogens (tertiary/aromatic N) is 2. The standard InChI is InChI=1S/C8H10N2O4/c1-6(11)4-9-3-2-8(12)7(5-9)10(13)14/h2-3,5-6,11H,4H2,1H3. The Bertz CT molecular complexity index is 397. The van der Waals surface area contributed by atoms with Gasteiger partial charge >= 0.3 is 5.69 Å². The van der Waals surface area contributed by atoms with Crippen LogP contribution >= 0.6 is 0 Å². The van der Waals surface area contributed by atoms with Crippen LogP contribution < -0.4 is 5.43 Å². The van der Waals surface area contributed by atoms with Gasteiger partial charge in [-0.1, -0.05) is 0 Å². The molecule has 0 aliphatic carbocycles. The topological polar surface area (TPSA) is 85.4 Å². The van der Waals surface area contributed by atoms with E-state index < -0.39 is 22.1 Å². The second-order valence-electron chi connectivity index (χ2n) is 3.00. The van der Waals surface area contributed by atoms with Crippen LogP contribution in [-0.4, -0.2) is 20.7 Å². The summed E-state index contributed by atoms with van der Waals surface area (Å²) in [6, 6.07) is 1.11. The molecule has 0 spiro atoms. The number of pyridine rings is 1. The smallest absolute Gasteiger partial charge is 0.332 e. The maximum absolute atomic E-state index is 11.0. The summed E-state index contributed by atoms with van der Waals surface area (Å²) in [5.41, 5.74) is -1.11. The van der Waals surface area contributed by atoms with Crippen LogP contribution in [0.1, 0.15) is 6.92 Å². The van der Waals surface area contributed by atoms with Crippen molar-refractivity contribution in [3.8, 4) is 0 Å². The summed E-state index contributed by atoms with van der Waals surface area (Å²) in [6.45, 7) is 1.78. The maximum Gasteiger partial charge on any atom is 0.332 e. The summed E-state index contributed by atoms with van der Waals surface area (Å²) in [5.74, 6) is 0. The second-order valence-corrected chi connectivity index (χ2v) is 3.00. The Morgan fingerprint density at radius 2 is 2.36 bits per heavy atom. The van der Waals surface area contributed by atoms with Gasteiger partial charge in [-0.2, -0.15) is 0 Å². The molecule has 1 N–H and O–H groups in total. The number of hydrogen-bond donors (Lipinski definition) is 1. The molecular weight excluding hydrogens is 188 g/mol. The number of aliphatic hydroxyl groups is 1. The van der Waals surface area contributed by atoms with Gasteiger partial charge in [0.15, 0.2) is 0 Å². The molecule has 0 aromatic carbocycles. The zero-order valence-electron chi connectivity index (χ0n) is 7.58. The molecule has 0 radical (unpaired) electrons. The Kier molecular flexibility index (Phi) is 2.98. The third kappa shape index (κ3) is 2.40. The Morgan fingerprint density at radius 1 is 1.71 bits per heavy atom. The average molecular weight is 198 g/mol. The lowest BCUT2D eigenvalue weighted by atomic mass is 10.3. The van der Waals surface area contributed by atoms with Crippen LogP contribution in [-0.2, 0) is 6.54 Å². The lowest BCUT2D eigenvalue weighted by Gasteiger charge is -2.07. The van der Waals surface area contributed by atoms with E-state index in [4.69, 9.17) is 5.11 Å². The van der Waals surface area contributed by atoms with Crippen LogP contribution in [0.4, 0.5) is 5.69 Å². The highest BCUT2D eigenvalue weighted by Gasteiger charge is 2.11. The zero-order valence-corrected chi connectivity index (χ0v) is 7.58.